The lowest BCUT2D eigenvalue weighted by Gasteiger charge is -2.12. The summed E-state index contributed by atoms with van der Waals surface area (Å²) < 4.78 is 10.8. The van der Waals surface area contributed by atoms with Gasteiger partial charge in [-0.05, 0) is 49.0 Å². The van der Waals surface area contributed by atoms with E-state index >= 15 is 0 Å². The van der Waals surface area contributed by atoms with Crippen LogP contribution in [-0.4, -0.2) is 33.5 Å². The van der Waals surface area contributed by atoms with Gasteiger partial charge in [0.25, 0.3) is 16.8 Å². The Balaban J connectivity index is 1.55. The summed E-state index contributed by atoms with van der Waals surface area (Å²) in [6.45, 7) is 1.68. The highest BCUT2D eigenvalue weighted by Gasteiger charge is 2.36. The van der Waals surface area contributed by atoms with Crippen LogP contribution >= 0.6 is 23.4 Å². The van der Waals surface area contributed by atoms with E-state index in [1.54, 1.807) is 43.3 Å². The molecule has 0 aliphatic carbocycles. The molecule has 1 aromatic heterocycles. The third kappa shape index (κ3) is 5.13. The van der Waals surface area contributed by atoms with Crippen molar-refractivity contribution in [3.8, 4) is 11.3 Å². The zero-order chi connectivity index (χ0) is 25.1. The van der Waals surface area contributed by atoms with Crippen molar-refractivity contribution < 1.29 is 28.5 Å². The van der Waals surface area contributed by atoms with Gasteiger partial charge >= 0.3 is 5.97 Å². The fraction of sp³-hybridized carbons (Fsp3) is 0.125. The summed E-state index contributed by atoms with van der Waals surface area (Å²) in [5, 5.41) is 11.0. The number of hydrogen-bond acceptors (Lipinski definition) is 8. The van der Waals surface area contributed by atoms with E-state index in [1.165, 1.54) is 24.3 Å². The molecule has 1 fully saturated rings. The third-order valence-electron chi connectivity index (χ3n) is 5.04. The first-order valence-corrected chi connectivity index (χ1v) is 11.5. The van der Waals surface area contributed by atoms with Crippen molar-refractivity contribution >= 4 is 52.2 Å². The molecule has 0 N–H and O–H groups in total. The molecule has 11 heteroatoms. The van der Waals surface area contributed by atoms with E-state index in [9.17, 15) is 24.5 Å². The molecule has 0 spiro atoms. The number of imide groups is 1. The van der Waals surface area contributed by atoms with Crippen LogP contribution < -0.4 is 0 Å². The number of amides is 2. The second kappa shape index (κ2) is 10.2. The largest absolute Gasteiger partial charge is 0.462 e. The van der Waals surface area contributed by atoms with Crippen LogP contribution in [0.4, 0.5) is 10.5 Å². The maximum Gasteiger partial charge on any atom is 0.339 e. The van der Waals surface area contributed by atoms with Crippen LogP contribution in [0.25, 0.3) is 17.4 Å². The molecule has 178 valence electrons. The standard InChI is InChI=1S/C24H17ClN2O7S/c1-2-33-23(29)17-11-14(7-9-18(17)25)20-10-8-16(34-20)12-21-22(28)26(24(30)35-21)13-15-5-3-4-6-19(15)27(31)32/h3-12H,2,13H2,1H3/b21-12-. The number of rotatable bonds is 7. The van der Waals surface area contributed by atoms with Crippen LogP contribution in [0.15, 0.2) is 63.9 Å². The van der Waals surface area contributed by atoms with E-state index in [0.29, 0.717) is 17.1 Å². The van der Waals surface area contributed by atoms with Gasteiger partial charge < -0.3 is 9.15 Å². The quantitative estimate of drug-likeness (QED) is 0.165. The maximum absolute atomic E-state index is 12.8. The van der Waals surface area contributed by atoms with E-state index in [1.807, 2.05) is 0 Å². The molecule has 3 aromatic rings. The Morgan fingerprint density at radius 3 is 2.71 bits per heavy atom. The highest BCUT2D eigenvalue weighted by atomic mass is 35.5. The highest BCUT2D eigenvalue weighted by Crippen LogP contribution is 2.35. The number of carbonyl (C=O) groups is 3. The molecule has 0 saturated carbocycles. The molecule has 2 aromatic carbocycles. The van der Waals surface area contributed by atoms with Crippen molar-refractivity contribution in [1.29, 1.82) is 0 Å². The second-order valence-electron chi connectivity index (χ2n) is 7.27. The summed E-state index contributed by atoms with van der Waals surface area (Å²) in [4.78, 5) is 49.2. The predicted molar refractivity (Wildman–Crippen MR) is 130 cm³/mol. The number of nitro groups is 1. The zero-order valence-electron chi connectivity index (χ0n) is 18.2. The zero-order valence-corrected chi connectivity index (χ0v) is 19.8. The highest BCUT2D eigenvalue weighted by molar-refractivity contribution is 8.18. The first-order valence-electron chi connectivity index (χ1n) is 10.3. The van der Waals surface area contributed by atoms with E-state index < -0.39 is 22.0 Å². The lowest BCUT2D eigenvalue weighted by atomic mass is 10.1. The summed E-state index contributed by atoms with van der Waals surface area (Å²) in [5.41, 5.74) is 0.847. The Labute approximate surface area is 208 Å². The average molecular weight is 513 g/mol. The molecular weight excluding hydrogens is 496 g/mol. The van der Waals surface area contributed by atoms with E-state index in [0.717, 1.165) is 16.7 Å². The van der Waals surface area contributed by atoms with Crippen molar-refractivity contribution in [2.75, 3.05) is 6.61 Å². The van der Waals surface area contributed by atoms with Crippen LogP contribution in [-0.2, 0) is 16.1 Å². The Bertz CT molecular complexity index is 1380. The van der Waals surface area contributed by atoms with Crippen LogP contribution in [0.3, 0.4) is 0 Å². The van der Waals surface area contributed by atoms with Crippen LogP contribution in [0.1, 0.15) is 28.6 Å². The van der Waals surface area contributed by atoms with Gasteiger partial charge in [-0.15, -0.1) is 0 Å². The molecule has 1 saturated heterocycles. The Hall–Kier alpha value is -3.89. The number of halogens is 1. The van der Waals surface area contributed by atoms with Crippen LogP contribution in [0.2, 0.25) is 5.02 Å². The van der Waals surface area contributed by atoms with Gasteiger partial charge in [-0.1, -0.05) is 29.8 Å². The number of benzene rings is 2. The molecule has 35 heavy (non-hydrogen) atoms. The number of thioether (sulfide) groups is 1. The third-order valence-corrected chi connectivity index (χ3v) is 6.27. The summed E-state index contributed by atoms with van der Waals surface area (Å²) in [6, 6.07) is 14.0. The molecular formula is C24H17ClN2O7S. The van der Waals surface area contributed by atoms with Gasteiger partial charge in [0.1, 0.15) is 11.5 Å². The number of nitrogens with zero attached hydrogens (tertiary/aromatic N) is 2. The van der Waals surface area contributed by atoms with Crippen molar-refractivity contribution in [3.63, 3.8) is 0 Å². The summed E-state index contributed by atoms with van der Waals surface area (Å²) >= 11 is 6.83. The molecule has 2 amide bonds. The first kappa shape index (κ1) is 24.2. The normalized spacial score (nSPS) is 14.6. The minimum atomic E-state index is -0.577. The SMILES string of the molecule is CCOC(=O)c1cc(-c2ccc(/C=C3\SC(=O)N(Cc4ccccc4[N+](=O)[O-])C3=O)o2)ccc1Cl. The van der Waals surface area contributed by atoms with Crippen LogP contribution in [0.5, 0.6) is 0 Å². The van der Waals surface area contributed by atoms with E-state index in [4.69, 9.17) is 20.8 Å². The Morgan fingerprint density at radius 2 is 1.97 bits per heavy atom. The average Bonchev–Trinajstić information content (AvgIpc) is 3.40. The molecule has 9 nitrogen and oxygen atoms in total. The smallest absolute Gasteiger partial charge is 0.339 e. The lowest BCUT2D eigenvalue weighted by Crippen LogP contribution is -2.27. The molecule has 1 aliphatic heterocycles. The topological polar surface area (TPSA) is 120 Å². The molecule has 2 heterocycles. The van der Waals surface area contributed by atoms with Gasteiger partial charge in [-0.25, -0.2) is 4.79 Å². The Morgan fingerprint density at radius 1 is 1.20 bits per heavy atom. The lowest BCUT2D eigenvalue weighted by molar-refractivity contribution is -0.385. The number of esters is 1. The molecule has 0 atom stereocenters. The van der Waals surface area contributed by atoms with Gasteiger partial charge in [-0.2, -0.15) is 0 Å². The van der Waals surface area contributed by atoms with Crippen LogP contribution in [0, 0.1) is 10.1 Å². The number of furan rings is 1. The minimum Gasteiger partial charge on any atom is -0.462 e. The fourth-order valence-corrected chi connectivity index (χ4v) is 4.40. The fourth-order valence-electron chi connectivity index (χ4n) is 3.39. The number of nitro benzene ring substituents is 1. The number of ether oxygens (including phenoxy) is 1. The summed E-state index contributed by atoms with van der Waals surface area (Å²) in [5.74, 6) is -0.410. The minimum absolute atomic E-state index is 0.123. The van der Waals surface area contributed by atoms with Crippen molar-refractivity contribution in [1.82, 2.24) is 4.90 Å². The summed E-state index contributed by atoms with van der Waals surface area (Å²) in [6.07, 6.45) is 1.43. The van der Waals surface area contributed by atoms with Gasteiger partial charge in [-0.3, -0.25) is 24.6 Å². The molecule has 1 aliphatic rings. The van der Waals surface area contributed by atoms with Gasteiger partial charge in [0.15, 0.2) is 0 Å². The monoisotopic (exact) mass is 512 g/mol. The van der Waals surface area contributed by atoms with Crippen molar-refractivity contribution in [3.05, 3.63) is 91.5 Å². The number of carbonyl (C=O) groups excluding carboxylic acids is 3. The summed E-state index contributed by atoms with van der Waals surface area (Å²) in [7, 11) is 0. The van der Waals surface area contributed by atoms with Crippen molar-refractivity contribution in [2.24, 2.45) is 0 Å². The van der Waals surface area contributed by atoms with E-state index in [2.05, 4.69) is 0 Å². The van der Waals surface area contributed by atoms with Gasteiger partial charge in [0, 0.05) is 23.3 Å². The first-order chi connectivity index (χ1) is 16.8. The number of para-hydroxylation sites is 1. The molecule has 0 unspecified atom stereocenters. The number of hydrogen-bond donors (Lipinski definition) is 0. The predicted octanol–water partition coefficient (Wildman–Crippen LogP) is 5.92. The van der Waals surface area contributed by atoms with Crippen molar-refractivity contribution in [2.45, 2.75) is 13.5 Å². The van der Waals surface area contributed by atoms with Gasteiger partial charge in [0.2, 0.25) is 0 Å². The Kier molecular flexibility index (Phi) is 7.04. The second-order valence-corrected chi connectivity index (χ2v) is 8.67. The maximum atomic E-state index is 12.8. The van der Waals surface area contributed by atoms with Gasteiger partial charge in [0.05, 0.1) is 33.6 Å². The molecule has 4 rings (SSSR count). The molecule has 0 radical (unpaired) electrons. The van der Waals surface area contributed by atoms with E-state index in [-0.39, 0.29) is 39.9 Å². The molecule has 0 bridgehead atoms.